The highest BCUT2D eigenvalue weighted by molar-refractivity contribution is 14.0. The highest BCUT2D eigenvalue weighted by Crippen LogP contribution is 2.09. The van der Waals surface area contributed by atoms with Crippen molar-refractivity contribution in [1.29, 1.82) is 0 Å². The van der Waals surface area contributed by atoms with Crippen molar-refractivity contribution < 1.29 is 4.39 Å². The second kappa shape index (κ2) is 10.3. The van der Waals surface area contributed by atoms with E-state index < -0.39 is 0 Å². The molecule has 0 saturated carbocycles. The number of guanidine groups is 1. The van der Waals surface area contributed by atoms with Crippen molar-refractivity contribution in [2.45, 2.75) is 26.9 Å². The van der Waals surface area contributed by atoms with Crippen LogP contribution in [0.3, 0.4) is 0 Å². The molecule has 2 N–H and O–H groups in total. The zero-order chi connectivity index (χ0) is 15.8. The number of aromatic nitrogens is 1. The average molecular weight is 430 g/mol. The van der Waals surface area contributed by atoms with Crippen LogP contribution in [0.2, 0.25) is 0 Å². The molecule has 4 nitrogen and oxygen atoms in total. The second-order valence-electron chi connectivity index (χ2n) is 5.13. The van der Waals surface area contributed by atoms with Crippen LogP contribution in [0.5, 0.6) is 0 Å². The number of rotatable bonds is 6. The number of nitrogens with zero attached hydrogens (tertiary/aromatic N) is 2. The SMILES string of the molecule is CCNC(=NCc1ccc(F)c(C)c1)NCCn1cccc1.I. The van der Waals surface area contributed by atoms with Gasteiger partial charge in [-0.2, -0.15) is 0 Å². The van der Waals surface area contributed by atoms with Gasteiger partial charge in [-0.3, -0.25) is 0 Å². The van der Waals surface area contributed by atoms with Gasteiger partial charge in [0.1, 0.15) is 5.82 Å². The summed E-state index contributed by atoms with van der Waals surface area (Å²) < 4.78 is 15.4. The molecule has 2 aromatic rings. The number of hydrogen-bond acceptors (Lipinski definition) is 1. The summed E-state index contributed by atoms with van der Waals surface area (Å²) in [6.45, 7) is 6.81. The Kier molecular flexibility index (Phi) is 8.68. The number of aliphatic imine (C=N–C) groups is 1. The molecule has 126 valence electrons. The first-order valence-electron chi connectivity index (χ1n) is 7.57. The molecular formula is C17H24FIN4. The molecule has 0 aliphatic carbocycles. The van der Waals surface area contributed by atoms with Crippen molar-refractivity contribution >= 4 is 29.9 Å². The number of hydrogen-bond donors (Lipinski definition) is 2. The molecule has 0 bridgehead atoms. The smallest absolute Gasteiger partial charge is 0.191 e. The average Bonchev–Trinajstić information content (AvgIpc) is 3.01. The third-order valence-corrected chi connectivity index (χ3v) is 3.31. The van der Waals surface area contributed by atoms with Gasteiger partial charge in [0, 0.05) is 32.0 Å². The molecule has 0 unspecified atom stereocenters. The largest absolute Gasteiger partial charge is 0.357 e. The fraction of sp³-hybridized carbons (Fsp3) is 0.353. The van der Waals surface area contributed by atoms with E-state index in [1.54, 1.807) is 13.0 Å². The summed E-state index contributed by atoms with van der Waals surface area (Å²) in [5, 5.41) is 6.51. The molecule has 0 saturated heterocycles. The molecule has 0 fully saturated rings. The van der Waals surface area contributed by atoms with Gasteiger partial charge in [0.15, 0.2) is 5.96 Å². The quantitative estimate of drug-likeness (QED) is 0.420. The Morgan fingerprint density at radius 3 is 2.61 bits per heavy atom. The number of aryl methyl sites for hydroxylation is 1. The maximum absolute atomic E-state index is 13.3. The van der Waals surface area contributed by atoms with E-state index in [1.807, 2.05) is 37.5 Å². The van der Waals surface area contributed by atoms with Gasteiger partial charge in [0.2, 0.25) is 0 Å². The third kappa shape index (κ3) is 6.60. The van der Waals surface area contributed by atoms with E-state index >= 15 is 0 Å². The lowest BCUT2D eigenvalue weighted by Crippen LogP contribution is -2.38. The molecule has 1 aromatic carbocycles. The topological polar surface area (TPSA) is 41.4 Å². The molecule has 6 heteroatoms. The Balaban J connectivity index is 0.00000264. The van der Waals surface area contributed by atoms with Gasteiger partial charge in [-0.25, -0.2) is 9.38 Å². The van der Waals surface area contributed by atoms with Crippen LogP contribution < -0.4 is 10.6 Å². The molecule has 1 heterocycles. The van der Waals surface area contributed by atoms with Crippen molar-refractivity contribution in [2.24, 2.45) is 4.99 Å². The lowest BCUT2D eigenvalue weighted by atomic mass is 10.1. The molecule has 0 atom stereocenters. The fourth-order valence-electron chi connectivity index (χ4n) is 2.14. The van der Waals surface area contributed by atoms with Crippen LogP contribution in [0.4, 0.5) is 4.39 Å². The summed E-state index contributed by atoms with van der Waals surface area (Å²) in [4.78, 5) is 4.54. The summed E-state index contributed by atoms with van der Waals surface area (Å²) in [6, 6.07) is 9.12. The molecule has 0 radical (unpaired) electrons. The minimum atomic E-state index is -0.176. The van der Waals surface area contributed by atoms with Crippen LogP contribution >= 0.6 is 24.0 Å². The van der Waals surface area contributed by atoms with E-state index in [0.717, 1.165) is 31.2 Å². The molecule has 2 rings (SSSR count). The minimum Gasteiger partial charge on any atom is -0.357 e. The van der Waals surface area contributed by atoms with Crippen LogP contribution in [0.25, 0.3) is 0 Å². The summed E-state index contributed by atoms with van der Waals surface area (Å²) in [5.41, 5.74) is 1.65. The van der Waals surface area contributed by atoms with Crippen molar-refractivity contribution in [3.05, 3.63) is 59.7 Å². The molecule has 0 aliphatic heterocycles. The Labute approximate surface area is 154 Å². The fourth-order valence-corrected chi connectivity index (χ4v) is 2.14. The zero-order valence-electron chi connectivity index (χ0n) is 13.6. The summed E-state index contributed by atoms with van der Waals surface area (Å²) in [5.74, 6) is 0.598. The summed E-state index contributed by atoms with van der Waals surface area (Å²) in [7, 11) is 0. The second-order valence-corrected chi connectivity index (χ2v) is 5.13. The lowest BCUT2D eigenvalue weighted by Gasteiger charge is -2.12. The lowest BCUT2D eigenvalue weighted by molar-refractivity contribution is 0.617. The first-order valence-corrected chi connectivity index (χ1v) is 7.57. The minimum absolute atomic E-state index is 0. The molecule has 23 heavy (non-hydrogen) atoms. The first kappa shape index (κ1) is 19.5. The standard InChI is InChI=1S/C17H23FN4.HI/c1-3-19-17(20-8-11-22-9-4-5-10-22)21-13-15-6-7-16(18)14(2)12-15;/h4-7,9-10,12H,3,8,11,13H2,1-2H3,(H2,19,20,21);1H. The normalized spacial score (nSPS) is 11.0. The van der Waals surface area contributed by atoms with E-state index in [4.69, 9.17) is 0 Å². The van der Waals surface area contributed by atoms with Gasteiger partial charge < -0.3 is 15.2 Å². The van der Waals surface area contributed by atoms with Crippen LogP contribution in [0.15, 0.2) is 47.7 Å². The summed E-state index contributed by atoms with van der Waals surface area (Å²) in [6.07, 6.45) is 4.07. The Morgan fingerprint density at radius 1 is 1.22 bits per heavy atom. The predicted octanol–water partition coefficient (Wildman–Crippen LogP) is 3.31. The zero-order valence-corrected chi connectivity index (χ0v) is 15.9. The van der Waals surface area contributed by atoms with Crippen molar-refractivity contribution in [2.75, 3.05) is 13.1 Å². The maximum Gasteiger partial charge on any atom is 0.191 e. The Bertz CT molecular complexity index is 611. The van der Waals surface area contributed by atoms with Crippen LogP contribution in [-0.2, 0) is 13.1 Å². The third-order valence-electron chi connectivity index (χ3n) is 3.31. The van der Waals surface area contributed by atoms with Gasteiger partial charge in [-0.05, 0) is 43.2 Å². The number of nitrogens with one attached hydrogen (secondary N) is 2. The molecule has 1 aromatic heterocycles. The Hall–Kier alpha value is -1.57. The van der Waals surface area contributed by atoms with Gasteiger partial charge >= 0.3 is 0 Å². The van der Waals surface area contributed by atoms with Crippen molar-refractivity contribution in [3.8, 4) is 0 Å². The van der Waals surface area contributed by atoms with Gasteiger partial charge in [-0.15, -0.1) is 24.0 Å². The number of benzene rings is 1. The predicted molar refractivity (Wildman–Crippen MR) is 104 cm³/mol. The van der Waals surface area contributed by atoms with E-state index in [1.165, 1.54) is 6.07 Å². The van der Waals surface area contributed by atoms with E-state index in [-0.39, 0.29) is 29.8 Å². The van der Waals surface area contributed by atoms with Crippen molar-refractivity contribution in [1.82, 2.24) is 15.2 Å². The van der Waals surface area contributed by atoms with Gasteiger partial charge in [-0.1, -0.05) is 12.1 Å². The van der Waals surface area contributed by atoms with Crippen LogP contribution in [0.1, 0.15) is 18.1 Å². The van der Waals surface area contributed by atoms with Crippen molar-refractivity contribution in [3.63, 3.8) is 0 Å². The van der Waals surface area contributed by atoms with E-state index in [9.17, 15) is 4.39 Å². The molecular weight excluding hydrogens is 406 g/mol. The van der Waals surface area contributed by atoms with Crippen LogP contribution in [-0.4, -0.2) is 23.6 Å². The maximum atomic E-state index is 13.3. The Morgan fingerprint density at radius 2 is 1.96 bits per heavy atom. The van der Waals surface area contributed by atoms with E-state index in [2.05, 4.69) is 20.2 Å². The molecule has 0 spiro atoms. The molecule has 0 aliphatic rings. The van der Waals surface area contributed by atoms with E-state index in [0.29, 0.717) is 12.1 Å². The van der Waals surface area contributed by atoms with Crippen LogP contribution in [0, 0.1) is 12.7 Å². The van der Waals surface area contributed by atoms with Gasteiger partial charge in [0.05, 0.1) is 6.54 Å². The highest BCUT2D eigenvalue weighted by atomic mass is 127. The summed E-state index contributed by atoms with van der Waals surface area (Å²) >= 11 is 0. The highest BCUT2D eigenvalue weighted by Gasteiger charge is 2.00. The monoisotopic (exact) mass is 430 g/mol. The number of halogens is 2. The molecule has 0 amide bonds. The van der Waals surface area contributed by atoms with Gasteiger partial charge in [0.25, 0.3) is 0 Å². The first-order chi connectivity index (χ1) is 10.7.